The molecule has 0 radical (unpaired) electrons. The van der Waals surface area contributed by atoms with E-state index in [1.807, 2.05) is 6.07 Å². The second-order valence-corrected chi connectivity index (χ2v) is 16.1. The zero-order chi connectivity index (χ0) is 39.5. The van der Waals surface area contributed by atoms with Crippen LogP contribution in [0.5, 0.6) is 5.88 Å². The van der Waals surface area contributed by atoms with Gasteiger partial charge in [-0.1, -0.05) is 109 Å². The van der Waals surface area contributed by atoms with Crippen LogP contribution in [0.3, 0.4) is 0 Å². The van der Waals surface area contributed by atoms with Crippen molar-refractivity contribution in [1.29, 1.82) is 5.26 Å². The minimum absolute atomic E-state index is 0.0317. The molecule has 1 unspecified atom stereocenters. The van der Waals surface area contributed by atoms with Gasteiger partial charge in [0.05, 0.1) is 25.5 Å². The Bertz CT molecular complexity index is 1660. The predicted molar refractivity (Wildman–Crippen MR) is 207 cm³/mol. The lowest BCUT2D eigenvalue weighted by Gasteiger charge is -2.28. The minimum Gasteiger partial charge on any atom is -0.469 e. The van der Waals surface area contributed by atoms with Crippen LogP contribution in [0.2, 0.25) is 0 Å². The molecule has 0 bridgehead atoms. The largest absolute Gasteiger partial charge is 0.472 e. The molecule has 16 heteroatoms. The van der Waals surface area contributed by atoms with Crippen molar-refractivity contribution in [2.75, 3.05) is 32.2 Å². The number of phosphoric acid groups is 1. The molecule has 3 aromatic rings. The Morgan fingerprint density at radius 3 is 2.22 bits per heavy atom. The molecule has 0 aliphatic carbocycles. The summed E-state index contributed by atoms with van der Waals surface area (Å²) in [5.41, 5.74) is 5.37. The van der Waals surface area contributed by atoms with Gasteiger partial charge in [0.2, 0.25) is 5.88 Å². The first kappa shape index (κ1) is 44.5. The van der Waals surface area contributed by atoms with Gasteiger partial charge in [-0.2, -0.15) is 10.4 Å². The summed E-state index contributed by atoms with van der Waals surface area (Å²) in [5.74, 6) is 0.354. The quantitative estimate of drug-likeness (QED) is 0.0431. The van der Waals surface area contributed by atoms with Gasteiger partial charge in [0.15, 0.2) is 5.82 Å². The predicted octanol–water partition coefficient (Wildman–Crippen LogP) is 6.99. The Morgan fingerprint density at radius 1 is 0.945 bits per heavy atom. The molecule has 306 valence electrons. The van der Waals surface area contributed by atoms with E-state index in [2.05, 4.69) is 22.0 Å². The summed E-state index contributed by atoms with van der Waals surface area (Å²) in [5, 5.41) is 35.2. The lowest BCUT2D eigenvalue weighted by molar-refractivity contribution is -0.100. The van der Waals surface area contributed by atoms with Crippen molar-refractivity contribution < 1.29 is 42.9 Å². The van der Waals surface area contributed by atoms with Crippen LogP contribution in [0.4, 0.5) is 5.82 Å². The number of hydrogen-bond donors (Lipinski definition) is 4. The summed E-state index contributed by atoms with van der Waals surface area (Å²) in [4.78, 5) is 18.7. The fourth-order valence-corrected chi connectivity index (χ4v) is 7.57. The van der Waals surface area contributed by atoms with Gasteiger partial charge in [-0.15, -0.1) is 0 Å². The van der Waals surface area contributed by atoms with Crippen LogP contribution in [-0.2, 0) is 23.1 Å². The number of ether oxygens (including phenoxy) is 3. The molecule has 55 heavy (non-hydrogen) atoms. The van der Waals surface area contributed by atoms with E-state index < -0.39 is 51.1 Å². The van der Waals surface area contributed by atoms with Crippen LogP contribution in [-0.4, -0.2) is 85.0 Å². The molecule has 5 N–H and O–H groups in total. The molecule has 0 spiro atoms. The van der Waals surface area contributed by atoms with Gasteiger partial charge in [-0.3, -0.25) is 9.05 Å². The number of nitrogens with zero attached hydrogens (tertiary/aromatic N) is 5. The van der Waals surface area contributed by atoms with E-state index in [0.29, 0.717) is 17.8 Å². The lowest BCUT2D eigenvalue weighted by atomic mass is 9.97. The number of hydrogen-bond acceptors (Lipinski definition) is 13. The second kappa shape index (κ2) is 23.1. The van der Waals surface area contributed by atoms with E-state index in [9.17, 15) is 24.9 Å². The Kier molecular flexibility index (Phi) is 18.7. The second-order valence-electron chi connectivity index (χ2n) is 14.6. The Morgan fingerprint density at radius 2 is 1.58 bits per heavy atom. The van der Waals surface area contributed by atoms with Gasteiger partial charge in [0, 0.05) is 12.7 Å². The van der Waals surface area contributed by atoms with Crippen LogP contribution in [0.1, 0.15) is 134 Å². The number of aliphatic hydroxyl groups is 2. The number of phosphoric ester groups is 1. The number of pyridine rings is 1. The highest BCUT2D eigenvalue weighted by Gasteiger charge is 2.53. The van der Waals surface area contributed by atoms with E-state index >= 15 is 0 Å². The summed E-state index contributed by atoms with van der Waals surface area (Å²) in [6.45, 7) is 3.21. The van der Waals surface area contributed by atoms with Gasteiger partial charge in [-0.25, -0.2) is 19.0 Å². The number of unbranched alkanes of at least 4 members (excludes halogenated alkanes) is 15. The average molecular weight is 789 g/mol. The normalized spacial score (nSPS) is 21.4. The molecular formula is C39H61N6O9P. The van der Waals surface area contributed by atoms with E-state index in [0.717, 1.165) is 19.3 Å². The molecule has 1 aliphatic heterocycles. The van der Waals surface area contributed by atoms with Crippen molar-refractivity contribution in [3.05, 3.63) is 48.0 Å². The maximum absolute atomic E-state index is 13.0. The summed E-state index contributed by atoms with van der Waals surface area (Å²) < 4.78 is 42.8. The number of nitriles is 1. The average Bonchev–Trinajstić information content (AvgIpc) is 3.71. The first-order valence-corrected chi connectivity index (χ1v) is 21.4. The van der Waals surface area contributed by atoms with Crippen LogP contribution in [0, 0.1) is 11.3 Å². The third-order valence-corrected chi connectivity index (χ3v) is 10.9. The third-order valence-electron chi connectivity index (χ3n) is 9.97. The number of anilines is 1. The Labute approximate surface area is 325 Å². The smallest absolute Gasteiger partial charge is 0.469 e. The number of aliphatic hydroxyl groups excluding tert-OH is 2. The van der Waals surface area contributed by atoms with Crippen LogP contribution in [0.15, 0.2) is 36.7 Å². The standard InChI is InChI=1S/C39H61N6O9P/c1-3-4-5-6-7-8-9-10-11-12-13-14-15-16-17-18-24-50-26-31(53-34-21-19-20-30(25-40)44-34)27-51-55(48,49)52-28-39(2)37(47)35(46)36(54-39)32-22-23-33-38(41)42-29-43-45(32)33/h19-23,29,31,35-37,46-47H,3-18,24,26-28H2,1-2H3,(H,48,49)(H2,41,42,43)/t31-,35+,36+,37+,39-/m1/s1. The molecule has 0 saturated carbocycles. The summed E-state index contributed by atoms with van der Waals surface area (Å²) >= 11 is 0. The van der Waals surface area contributed by atoms with Crippen molar-refractivity contribution in [2.45, 2.75) is 147 Å². The number of nitrogen functional groups attached to an aromatic ring is 1. The monoisotopic (exact) mass is 788 g/mol. The molecule has 3 aromatic heterocycles. The van der Waals surface area contributed by atoms with Crippen LogP contribution >= 0.6 is 7.82 Å². The topological polar surface area (TPSA) is 217 Å². The van der Waals surface area contributed by atoms with E-state index in [4.69, 9.17) is 29.0 Å². The number of aromatic nitrogens is 4. The fourth-order valence-electron chi connectivity index (χ4n) is 6.72. The summed E-state index contributed by atoms with van der Waals surface area (Å²) in [6, 6.07) is 9.96. The SMILES string of the molecule is CCCCCCCCCCCCCCCCCCOC[C@H](COP(=O)(O)OC[C@@]1(C)O[C@@H](c2ccc3c(N)ncnn23)[C@H](O)[C@@H]1O)Oc1cccc(C#N)n1. The van der Waals surface area contributed by atoms with Gasteiger partial charge in [-0.05, 0) is 31.5 Å². The molecule has 4 heterocycles. The highest BCUT2D eigenvalue weighted by Crippen LogP contribution is 2.47. The highest BCUT2D eigenvalue weighted by molar-refractivity contribution is 7.47. The van der Waals surface area contributed by atoms with E-state index in [-0.39, 0.29) is 24.0 Å². The molecule has 6 atom stereocenters. The zero-order valence-corrected chi connectivity index (χ0v) is 33.4. The van der Waals surface area contributed by atoms with Crippen molar-refractivity contribution in [3.8, 4) is 11.9 Å². The van der Waals surface area contributed by atoms with Crippen LogP contribution < -0.4 is 10.5 Å². The molecule has 1 aliphatic rings. The molecule has 15 nitrogen and oxygen atoms in total. The highest BCUT2D eigenvalue weighted by atomic mass is 31.2. The number of rotatable bonds is 28. The fraction of sp³-hybridized carbons (Fsp3) is 0.692. The first-order chi connectivity index (χ1) is 26.6. The Hall–Kier alpha value is -3.19. The van der Waals surface area contributed by atoms with Crippen LogP contribution in [0.25, 0.3) is 5.52 Å². The number of fused-ring (bicyclic) bond motifs is 1. The van der Waals surface area contributed by atoms with Gasteiger partial charge < -0.3 is 35.1 Å². The molecule has 4 rings (SSSR count). The van der Waals surface area contributed by atoms with Crippen molar-refractivity contribution in [2.24, 2.45) is 0 Å². The summed E-state index contributed by atoms with van der Waals surface area (Å²) in [6.07, 6.45) is 16.8. The maximum atomic E-state index is 13.0. The maximum Gasteiger partial charge on any atom is 0.472 e. The lowest BCUT2D eigenvalue weighted by Crippen LogP contribution is -2.44. The molecule has 1 saturated heterocycles. The molecule has 1 fully saturated rings. The third kappa shape index (κ3) is 14.4. The van der Waals surface area contributed by atoms with Crippen molar-refractivity contribution >= 4 is 19.2 Å². The summed E-state index contributed by atoms with van der Waals surface area (Å²) in [7, 11) is -4.74. The minimum atomic E-state index is -4.74. The Balaban J connectivity index is 1.17. The van der Waals surface area contributed by atoms with E-state index in [1.165, 1.54) is 107 Å². The van der Waals surface area contributed by atoms with Gasteiger partial charge in [0.25, 0.3) is 0 Å². The molecular weight excluding hydrogens is 727 g/mol. The molecule has 0 aromatic carbocycles. The van der Waals surface area contributed by atoms with Crippen molar-refractivity contribution in [1.82, 2.24) is 19.6 Å². The zero-order valence-electron chi connectivity index (χ0n) is 32.5. The number of nitrogens with two attached hydrogens (primary N) is 1. The molecule has 0 amide bonds. The van der Waals surface area contributed by atoms with E-state index in [1.54, 1.807) is 24.3 Å². The van der Waals surface area contributed by atoms with Gasteiger partial charge >= 0.3 is 7.82 Å². The first-order valence-electron chi connectivity index (χ1n) is 19.9. The van der Waals surface area contributed by atoms with Gasteiger partial charge in [0.1, 0.15) is 53.6 Å². The van der Waals surface area contributed by atoms with Crippen molar-refractivity contribution in [3.63, 3.8) is 0 Å².